The van der Waals surface area contributed by atoms with Crippen LogP contribution >= 0.6 is 0 Å². The standard InChI is InChI=1S/C18H22N2O4/c21-15(19-12-18(17(22)23)10-4-1-5-11-18)8-9-16-20-13-6-2-3-7-14(13)24-16/h2-3,6-7H,1,4-5,8-12H2,(H,19,21)(H,22,23). The van der Waals surface area contributed by atoms with Crippen molar-refractivity contribution in [3.63, 3.8) is 0 Å². The summed E-state index contributed by atoms with van der Waals surface area (Å²) in [5.41, 5.74) is 0.686. The molecule has 3 rings (SSSR count). The van der Waals surface area contributed by atoms with Crippen LogP contribution in [0.15, 0.2) is 28.7 Å². The van der Waals surface area contributed by atoms with Gasteiger partial charge in [-0.05, 0) is 25.0 Å². The number of fused-ring (bicyclic) bond motifs is 1. The maximum atomic E-state index is 12.1. The molecule has 0 unspecified atom stereocenters. The zero-order chi connectivity index (χ0) is 17.0. The first kappa shape index (κ1) is 16.5. The number of amides is 1. The number of carbonyl (C=O) groups excluding carboxylic acids is 1. The second-order valence-corrected chi connectivity index (χ2v) is 6.50. The van der Waals surface area contributed by atoms with E-state index >= 15 is 0 Å². The van der Waals surface area contributed by atoms with E-state index in [0.29, 0.717) is 30.7 Å². The second-order valence-electron chi connectivity index (χ2n) is 6.50. The lowest BCUT2D eigenvalue weighted by Gasteiger charge is -2.33. The van der Waals surface area contributed by atoms with Crippen molar-refractivity contribution < 1.29 is 19.1 Å². The van der Waals surface area contributed by atoms with Gasteiger partial charge in [0.1, 0.15) is 5.52 Å². The number of nitrogens with one attached hydrogen (secondary N) is 1. The number of carboxylic acids is 1. The fourth-order valence-corrected chi connectivity index (χ4v) is 3.30. The normalized spacial score (nSPS) is 16.8. The molecular weight excluding hydrogens is 308 g/mol. The summed E-state index contributed by atoms with van der Waals surface area (Å²) < 4.78 is 5.59. The number of aryl methyl sites for hydroxylation is 1. The molecule has 6 nitrogen and oxygen atoms in total. The van der Waals surface area contributed by atoms with Crippen LogP contribution in [-0.4, -0.2) is 28.5 Å². The molecule has 1 saturated carbocycles. The molecule has 0 spiro atoms. The molecule has 0 saturated heterocycles. The molecule has 1 aliphatic rings. The molecule has 1 aliphatic carbocycles. The maximum absolute atomic E-state index is 12.1. The van der Waals surface area contributed by atoms with Crippen molar-refractivity contribution in [2.24, 2.45) is 5.41 Å². The fourth-order valence-electron chi connectivity index (χ4n) is 3.30. The van der Waals surface area contributed by atoms with Gasteiger partial charge >= 0.3 is 5.97 Å². The zero-order valence-electron chi connectivity index (χ0n) is 13.6. The zero-order valence-corrected chi connectivity index (χ0v) is 13.6. The average Bonchev–Trinajstić information content (AvgIpc) is 3.02. The molecule has 0 bridgehead atoms. The number of hydrogen-bond donors (Lipinski definition) is 2. The van der Waals surface area contributed by atoms with Gasteiger partial charge in [-0.1, -0.05) is 31.4 Å². The molecule has 0 aliphatic heterocycles. The first-order chi connectivity index (χ1) is 11.6. The van der Waals surface area contributed by atoms with Crippen LogP contribution in [0.1, 0.15) is 44.4 Å². The van der Waals surface area contributed by atoms with Crippen molar-refractivity contribution in [1.82, 2.24) is 10.3 Å². The van der Waals surface area contributed by atoms with Gasteiger partial charge in [-0.3, -0.25) is 9.59 Å². The summed E-state index contributed by atoms with van der Waals surface area (Å²) in [6, 6.07) is 7.46. The summed E-state index contributed by atoms with van der Waals surface area (Å²) in [7, 11) is 0. The van der Waals surface area contributed by atoms with Crippen molar-refractivity contribution in [2.45, 2.75) is 44.9 Å². The lowest BCUT2D eigenvalue weighted by molar-refractivity contribution is -0.151. The first-order valence-electron chi connectivity index (χ1n) is 8.44. The van der Waals surface area contributed by atoms with E-state index in [0.717, 1.165) is 24.8 Å². The van der Waals surface area contributed by atoms with E-state index in [-0.39, 0.29) is 18.9 Å². The summed E-state index contributed by atoms with van der Waals surface area (Å²) >= 11 is 0. The highest BCUT2D eigenvalue weighted by Crippen LogP contribution is 2.36. The number of carboxylic acid groups (broad SMARTS) is 1. The van der Waals surface area contributed by atoms with Crippen LogP contribution in [0.3, 0.4) is 0 Å². The van der Waals surface area contributed by atoms with Crippen LogP contribution in [0.2, 0.25) is 0 Å². The van der Waals surface area contributed by atoms with E-state index in [2.05, 4.69) is 10.3 Å². The summed E-state index contributed by atoms with van der Waals surface area (Å²) in [6.45, 7) is 0.203. The summed E-state index contributed by atoms with van der Waals surface area (Å²) in [5.74, 6) is -0.443. The summed E-state index contributed by atoms with van der Waals surface area (Å²) in [5, 5.41) is 12.3. The van der Waals surface area contributed by atoms with Gasteiger partial charge in [0.2, 0.25) is 5.91 Å². The van der Waals surface area contributed by atoms with Gasteiger partial charge in [0.05, 0.1) is 5.41 Å². The number of aromatic nitrogens is 1. The Bertz CT molecular complexity index is 698. The van der Waals surface area contributed by atoms with Crippen molar-refractivity contribution in [3.05, 3.63) is 30.2 Å². The minimum absolute atomic E-state index is 0.163. The Labute approximate surface area is 140 Å². The van der Waals surface area contributed by atoms with Gasteiger partial charge in [0.25, 0.3) is 0 Å². The number of benzene rings is 1. The Morgan fingerprint density at radius 2 is 1.96 bits per heavy atom. The minimum atomic E-state index is -0.804. The quantitative estimate of drug-likeness (QED) is 0.849. The smallest absolute Gasteiger partial charge is 0.311 e. The van der Waals surface area contributed by atoms with E-state index in [4.69, 9.17) is 4.42 Å². The first-order valence-corrected chi connectivity index (χ1v) is 8.44. The Morgan fingerprint density at radius 3 is 2.67 bits per heavy atom. The Morgan fingerprint density at radius 1 is 1.21 bits per heavy atom. The Hall–Kier alpha value is -2.37. The molecule has 1 amide bonds. The van der Waals surface area contributed by atoms with Crippen molar-refractivity contribution in [2.75, 3.05) is 6.54 Å². The average molecular weight is 330 g/mol. The molecule has 2 N–H and O–H groups in total. The Kier molecular flexibility index (Phi) is 4.83. The minimum Gasteiger partial charge on any atom is -0.481 e. The summed E-state index contributed by atoms with van der Waals surface area (Å²) in [4.78, 5) is 28.0. The number of carbonyl (C=O) groups is 2. The summed E-state index contributed by atoms with van der Waals surface area (Å²) in [6.07, 6.45) is 4.79. The molecule has 1 fully saturated rings. The molecule has 1 aromatic carbocycles. The molecule has 0 atom stereocenters. The third-order valence-electron chi connectivity index (χ3n) is 4.79. The topological polar surface area (TPSA) is 92.4 Å². The number of oxazole rings is 1. The Balaban J connectivity index is 1.52. The highest BCUT2D eigenvalue weighted by atomic mass is 16.4. The van der Waals surface area contributed by atoms with E-state index in [9.17, 15) is 14.7 Å². The molecule has 2 aromatic rings. The maximum Gasteiger partial charge on any atom is 0.311 e. The van der Waals surface area contributed by atoms with E-state index in [1.807, 2.05) is 24.3 Å². The monoisotopic (exact) mass is 330 g/mol. The molecule has 1 aromatic heterocycles. The molecule has 1 heterocycles. The number of nitrogens with zero attached hydrogens (tertiary/aromatic N) is 1. The van der Waals surface area contributed by atoms with Crippen LogP contribution in [0.5, 0.6) is 0 Å². The van der Waals surface area contributed by atoms with Gasteiger partial charge in [-0.2, -0.15) is 0 Å². The number of hydrogen-bond acceptors (Lipinski definition) is 4. The number of rotatable bonds is 6. The van der Waals surface area contributed by atoms with Gasteiger partial charge in [-0.15, -0.1) is 0 Å². The number of para-hydroxylation sites is 2. The fraction of sp³-hybridized carbons (Fsp3) is 0.500. The van der Waals surface area contributed by atoms with Crippen LogP contribution in [0, 0.1) is 5.41 Å². The molecule has 128 valence electrons. The number of aliphatic carboxylic acids is 1. The van der Waals surface area contributed by atoms with Crippen molar-refractivity contribution in [1.29, 1.82) is 0 Å². The van der Waals surface area contributed by atoms with Crippen LogP contribution in [0.25, 0.3) is 11.1 Å². The van der Waals surface area contributed by atoms with Gasteiger partial charge in [-0.25, -0.2) is 4.98 Å². The van der Waals surface area contributed by atoms with Crippen molar-refractivity contribution in [3.8, 4) is 0 Å². The lowest BCUT2D eigenvalue weighted by Crippen LogP contribution is -2.44. The highest BCUT2D eigenvalue weighted by molar-refractivity contribution is 5.79. The van der Waals surface area contributed by atoms with E-state index in [1.165, 1.54) is 0 Å². The highest BCUT2D eigenvalue weighted by Gasteiger charge is 2.39. The van der Waals surface area contributed by atoms with Crippen molar-refractivity contribution >= 4 is 23.0 Å². The molecular formula is C18H22N2O4. The van der Waals surface area contributed by atoms with Crippen LogP contribution < -0.4 is 5.32 Å². The predicted molar refractivity (Wildman–Crippen MR) is 88.5 cm³/mol. The third-order valence-corrected chi connectivity index (χ3v) is 4.79. The van der Waals surface area contributed by atoms with Gasteiger partial charge in [0, 0.05) is 19.4 Å². The van der Waals surface area contributed by atoms with Crippen LogP contribution in [-0.2, 0) is 16.0 Å². The predicted octanol–water partition coefficient (Wildman–Crippen LogP) is 2.91. The van der Waals surface area contributed by atoms with E-state index < -0.39 is 11.4 Å². The molecule has 24 heavy (non-hydrogen) atoms. The van der Waals surface area contributed by atoms with Gasteiger partial charge in [0.15, 0.2) is 11.5 Å². The second kappa shape index (κ2) is 7.03. The largest absolute Gasteiger partial charge is 0.481 e. The lowest BCUT2D eigenvalue weighted by atomic mass is 9.74. The SMILES string of the molecule is O=C(CCc1nc2ccccc2o1)NCC1(C(=O)O)CCCCC1. The molecule has 6 heteroatoms. The molecule has 0 radical (unpaired) electrons. The van der Waals surface area contributed by atoms with E-state index in [1.54, 1.807) is 0 Å². The third kappa shape index (κ3) is 3.58. The van der Waals surface area contributed by atoms with Crippen LogP contribution in [0.4, 0.5) is 0 Å². The van der Waals surface area contributed by atoms with Gasteiger partial charge < -0.3 is 14.8 Å².